The Labute approximate surface area is 102 Å². The van der Waals surface area contributed by atoms with Gasteiger partial charge >= 0.3 is 0 Å². The van der Waals surface area contributed by atoms with Crippen LogP contribution in [0.1, 0.15) is 10.5 Å². The Bertz CT molecular complexity index is 436. The molecule has 6 heteroatoms. The van der Waals surface area contributed by atoms with E-state index in [1.807, 2.05) is 0 Å². The summed E-state index contributed by atoms with van der Waals surface area (Å²) in [6, 6.07) is 3.46. The molecule has 5 nitrogen and oxygen atoms in total. The Morgan fingerprint density at radius 3 is 3.12 bits per heavy atom. The van der Waals surface area contributed by atoms with Crippen molar-refractivity contribution in [3.05, 3.63) is 22.4 Å². The number of carbonyl (C=O) groups excluding carboxylic acids is 1. The lowest BCUT2D eigenvalue weighted by Gasteiger charge is -2.31. The zero-order valence-corrected chi connectivity index (χ0v) is 10.1. The number of nitrogens with one attached hydrogen (secondary N) is 2. The fourth-order valence-electron chi connectivity index (χ4n) is 1.71. The number of amides is 1. The molecule has 84 valence electrons. The van der Waals surface area contributed by atoms with Crippen LogP contribution >= 0.6 is 15.9 Å². The summed E-state index contributed by atoms with van der Waals surface area (Å²) in [4.78, 5) is 16.5. The molecule has 2 rings (SSSR count). The van der Waals surface area contributed by atoms with Crippen molar-refractivity contribution in [1.82, 2.24) is 15.2 Å². The maximum absolute atomic E-state index is 12.1. The molecule has 0 bridgehead atoms. The molecule has 0 saturated carbocycles. The topological polar surface area (TPSA) is 71.9 Å². The third-order valence-electron chi connectivity index (χ3n) is 2.53. The molecule has 2 N–H and O–H groups in total. The van der Waals surface area contributed by atoms with Crippen LogP contribution in [-0.4, -0.2) is 41.5 Å². The van der Waals surface area contributed by atoms with Gasteiger partial charge in [-0.3, -0.25) is 4.79 Å². The van der Waals surface area contributed by atoms with E-state index in [1.165, 1.54) is 0 Å². The van der Waals surface area contributed by atoms with E-state index in [2.05, 4.69) is 32.3 Å². The molecule has 1 aliphatic rings. The number of nitrogens with zero attached hydrogens (tertiary/aromatic N) is 2. The molecule has 0 aromatic carbocycles. The second-order valence-corrected chi connectivity index (χ2v) is 4.49. The van der Waals surface area contributed by atoms with Crippen LogP contribution in [0, 0.1) is 11.3 Å². The zero-order valence-electron chi connectivity index (χ0n) is 8.53. The quantitative estimate of drug-likeness (QED) is 0.797. The summed E-state index contributed by atoms with van der Waals surface area (Å²) in [5, 5.41) is 12.1. The van der Waals surface area contributed by atoms with E-state index >= 15 is 0 Å². The third-order valence-corrected chi connectivity index (χ3v) is 2.99. The van der Waals surface area contributed by atoms with Gasteiger partial charge in [0.1, 0.15) is 11.7 Å². The minimum atomic E-state index is -0.386. The lowest BCUT2D eigenvalue weighted by Crippen LogP contribution is -2.53. The SMILES string of the molecule is N#CC1CNCCN1C(=O)c1cc(Br)c[nH]1. The van der Waals surface area contributed by atoms with Gasteiger partial charge in [0.05, 0.1) is 6.07 Å². The monoisotopic (exact) mass is 282 g/mol. The van der Waals surface area contributed by atoms with Gasteiger partial charge in [0.15, 0.2) is 0 Å². The van der Waals surface area contributed by atoms with Crippen LogP contribution in [-0.2, 0) is 0 Å². The molecule has 1 aromatic rings. The summed E-state index contributed by atoms with van der Waals surface area (Å²) in [5.74, 6) is -0.126. The molecular weight excluding hydrogens is 272 g/mol. The summed E-state index contributed by atoms with van der Waals surface area (Å²) in [5.41, 5.74) is 0.508. The number of H-pyrrole nitrogens is 1. The summed E-state index contributed by atoms with van der Waals surface area (Å²) in [6.45, 7) is 1.82. The number of piperazine rings is 1. The van der Waals surface area contributed by atoms with E-state index in [0.29, 0.717) is 18.8 Å². The minimum absolute atomic E-state index is 0.126. The van der Waals surface area contributed by atoms with E-state index in [-0.39, 0.29) is 11.9 Å². The summed E-state index contributed by atoms with van der Waals surface area (Å²) < 4.78 is 0.833. The summed E-state index contributed by atoms with van der Waals surface area (Å²) in [7, 11) is 0. The summed E-state index contributed by atoms with van der Waals surface area (Å²) in [6.07, 6.45) is 1.71. The van der Waals surface area contributed by atoms with Crippen molar-refractivity contribution in [2.24, 2.45) is 0 Å². The highest BCUT2D eigenvalue weighted by atomic mass is 79.9. The normalized spacial score (nSPS) is 20.5. The number of aromatic amines is 1. The Morgan fingerprint density at radius 2 is 2.50 bits per heavy atom. The van der Waals surface area contributed by atoms with Crippen molar-refractivity contribution in [1.29, 1.82) is 5.26 Å². The molecule has 1 aliphatic heterocycles. The molecule has 1 amide bonds. The lowest BCUT2D eigenvalue weighted by molar-refractivity contribution is 0.0682. The first-order chi connectivity index (χ1) is 7.72. The van der Waals surface area contributed by atoms with Crippen LogP contribution in [0.4, 0.5) is 0 Å². The highest BCUT2D eigenvalue weighted by molar-refractivity contribution is 9.10. The fraction of sp³-hybridized carbons (Fsp3) is 0.400. The van der Waals surface area contributed by atoms with Crippen LogP contribution in [0.25, 0.3) is 0 Å². The second-order valence-electron chi connectivity index (χ2n) is 3.58. The highest BCUT2D eigenvalue weighted by Gasteiger charge is 2.27. The van der Waals surface area contributed by atoms with Gasteiger partial charge in [-0.2, -0.15) is 5.26 Å². The minimum Gasteiger partial charge on any atom is -0.356 e. The van der Waals surface area contributed by atoms with E-state index in [9.17, 15) is 4.79 Å². The van der Waals surface area contributed by atoms with Crippen molar-refractivity contribution in [3.8, 4) is 6.07 Å². The molecule has 0 spiro atoms. The van der Waals surface area contributed by atoms with E-state index in [1.54, 1.807) is 17.2 Å². The van der Waals surface area contributed by atoms with Crippen molar-refractivity contribution in [2.75, 3.05) is 19.6 Å². The maximum Gasteiger partial charge on any atom is 0.271 e. The molecule has 1 saturated heterocycles. The van der Waals surface area contributed by atoms with Gasteiger partial charge in [0.25, 0.3) is 5.91 Å². The summed E-state index contributed by atoms with van der Waals surface area (Å²) >= 11 is 3.28. The number of aromatic nitrogens is 1. The van der Waals surface area contributed by atoms with Crippen LogP contribution in [0.3, 0.4) is 0 Å². The van der Waals surface area contributed by atoms with Crippen molar-refractivity contribution in [3.63, 3.8) is 0 Å². The van der Waals surface area contributed by atoms with E-state index in [4.69, 9.17) is 5.26 Å². The van der Waals surface area contributed by atoms with E-state index < -0.39 is 0 Å². The van der Waals surface area contributed by atoms with E-state index in [0.717, 1.165) is 11.0 Å². The molecule has 2 heterocycles. The predicted octanol–water partition coefficient (Wildman–Crippen LogP) is 0.715. The average molecular weight is 283 g/mol. The van der Waals surface area contributed by atoms with Crippen LogP contribution in [0.2, 0.25) is 0 Å². The molecule has 1 aromatic heterocycles. The van der Waals surface area contributed by atoms with Gasteiger partial charge in [0.2, 0.25) is 0 Å². The fourth-order valence-corrected chi connectivity index (χ4v) is 2.05. The molecular formula is C10H11BrN4O. The average Bonchev–Trinajstić information content (AvgIpc) is 2.75. The van der Waals surface area contributed by atoms with Crippen LogP contribution in [0.5, 0.6) is 0 Å². The van der Waals surface area contributed by atoms with Gasteiger partial charge in [0, 0.05) is 30.3 Å². The Balaban J connectivity index is 2.17. The Hall–Kier alpha value is -1.32. The molecule has 1 unspecified atom stereocenters. The van der Waals surface area contributed by atoms with Crippen LogP contribution in [0.15, 0.2) is 16.7 Å². The van der Waals surface area contributed by atoms with Gasteiger partial charge < -0.3 is 15.2 Å². The largest absolute Gasteiger partial charge is 0.356 e. The number of halogens is 1. The Morgan fingerprint density at radius 1 is 1.69 bits per heavy atom. The standard InChI is InChI=1S/C10H11BrN4O/c11-7-3-9(14-5-7)10(16)15-2-1-13-6-8(15)4-12/h3,5,8,13-14H,1-2,6H2. The van der Waals surface area contributed by atoms with Crippen molar-refractivity contribution in [2.45, 2.75) is 6.04 Å². The first-order valence-corrected chi connectivity index (χ1v) is 5.77. The number of hydrogen-bond acceptors (Lipinski definition) is 3. The van der Waals surface area contributed by atoms with Gasteiger partial charge in [-0.05, 0) is 22.0 Å². The highest BCUT2D eigenvalue weighted by Crippen LogP contribution is 2.14. The first kappa shape index (κ1) is 11.2. The lowest BCUT2D eigenvalue weighted by atomic mass is 10.2. The predicted molar refractivity (Wildman–Crippen MR) is 61.8 cm³/mol. The van der Waals surface area contributed by atoms with Gasteiger partial charge in [-0.1, -0.05) is 0 Å². The molecule has 0 radical (unpaired) electrons. The number of carbonyl (C=O) groups is 1. The molecule has 0 aliphatic carbocycles. The van der Waals surface area contributed by atoms with Crippen LogP contribution < -0.4 is 5.32 Å². The maximum atomic E-state index is 12.1. The molecule has 1 atom stereocenters. The van der Waals surface area contributed by atoms with Gasteiger partial charge in [-0.25, -0.2) is 0 Å². The second kappa shape index (κ2) is 4.68. The third kappa shape index (κ3) is 2.10. The zero-order chi connectivity index (χ0) is 11.5. The number of rotatable bonds is 1. The van der Waals surface area contributed by atoms with Gasteiger partial charge in [-0.15, -0.1) is 0 Å². The Kier molecular flexibility index (Phi) is 3.27. The first-order valence-electron chi connectivity index (χ1n) is 4.97. The molecule has 1 fully saturated rings. The smallest absolute Gasteiger partial charge is 0.271 e. The number of hydrogen-bond donors (Lipinski definition) is 2. The molecule has 16 heavy (non-hydrogen) atoms. The van der Waals surface area contributed by atoms with Crippen molar-refractivity contribution >= 4 is 21.8 Å². The number of nitriles is 1. The van der Waals surface area contributed by atoms with Crippen molar-refractivity contribution < 1.29 is 4.79 Å².